The molecule has 0 atom stereocenters. The molecule has 4 rings (SSSR count). The van der Waals surface area contributed by atoms with Gasteiger partial charge in [0.25, 0.3) is 11.8 Å². The highest BCUT2D eigenvalue weighted by Gasteiger charge is 2.28. The van der Waals surface area contributed by atoms with E-state index in [1.54, 1.807) is 23.1 Å². The van der Waals surface area contributed by atoms with Gasteiger partial charge in [0.2, 0.25) is 5.91 Å². The van der Waals surface area contributed by atoms with Gasteiger partial charge < -0.3 is 24.2 Å². The molecule has 2 saturated heterocycles. The van der Waals surface area contributed by atoms with Crippen molar-refractivity contribution in [3.63, 3.8) is 0 Å². The van der Waals surface area contributed by atoms with Gasteiger partial charge in [0.1, 0.15) is 0 Å². The van der Waals surface area contributed by atoms with E-state index in [4.69, 9.17) is 9.47 Å². The molecule has 2 aliphatic heterocycles. The zero-order chi connectivity index (χ0) is 24.6. The molecule has 8 heteroatoms. The number of nitrogens with zero attached hydrogens (tertiary/aromatic N) is 3. The topological polar surface area (TPSA) is 79.4 Å². The summed E-state index contributed by atoms with van der Waals surface area (Å²) in [4.78, 5) is 43.8. The van der Waals surface area contributed by atoms with Crippen LogP contribution in [0.15, 0.2) is 18.2 Å². The molecule has 2 heterocycles. The maximum Gasteiger partial charge on any atom is 0.260 e. The molecule has 0 spiro atoms. The van der Waals surface area contributed by atoms with E-state index < -0.39 is 0 Å². The first-order valence-electron chi connectivity index (χ1n) is 13.3. The van der Waals surface area contributed by atoms with Gasteiger partial charge in [-0.1, -0.05) is 12.8 Å². The van der Waals surface area contributed by atoms with Gasteiger partial charge in [-0.3, -0.25) is 14.4 Å². The number of carbonyl (C=O) groups excluding carboxylic acids is 3. The van der Waals surface area contributed by atoms with Crippen LogP contribution in [0.4, 0.5) is 0 Å². The Labute approximate surface area is 208 Å². The molecule has 1 aromatic rings. The summed E-state index contributed by atoms with van der Waals surface area (Å²) in [5.41, 5.74) is 0.522. The predicted octanol–water partition coefficient (Wildman–Crippen LogP) is 3.34. The van der Waals surface area contributed by atoms with E-state index in [-0.39, 0.29) is 24.3 Å². The first kappa shape index (κ1) is 25.3. The summed E-state index contributed by atoms with van der Waals surface area (Å²) in [6.07, 6.45) is 8.70. The number of ether oxygens (including phenoxy) is 2. The van der Waals surface area contributed by atoms with Crippen molar-refractivity contribution in [2.24, 2.45) is 5.92 Å². The molecule has 0 bridgehead atoms. The number of piperazine rings is 1. The average molecular weight is 486 g/mol. The van der Waals surface area contributed by atoms with Gasteiger partial charge in [0, 0.05) is 51.3 Å². The van der Waals surface area contributed by atoms with E-state index in [0.717, 1.165) is 25.9 Å². The zero-order valence-corrected chi connectivity index (χ0v) is 21.0. The first-order chi connectivity index (χ1) is 17.0. The number of benzene rings is 1. The van der Waals surface area contributed by atoms with Crippen molar-refractivity contribution in [1.82, 2.24) is 14.7 Å². The molecule has 0 unspecified atom stereocenters. The van der Waals surface area contributed by atoms with Crippen LogP contribution in [0.3, 0.4) is 0 Å². The minimum absolute atomic E-state index is 0.0207. The third kappa shape index (κ3) is 6.67. The molecule has 8 nitrogen and oxygen atoms in total. The quantitative estimate of drug-likeness (QED) is 0.564. The molecule has 1 saturated carbocycles. The van der Waals surface area contributed by atoms with E-state index in [0.29, 0.717) is 62.2 Å². The number of carbonyl (C=O) groups is 3. The van der Waals surface area contributed by atoms with Gasteiger partial charge in [-0.25, -0.2) is 0 Å². The fourth-order valence-corrected chi connectivity index (χ4v) is 5.33. The molecule has 3 fully saturated rings. The highest BCUT2D eigenvalue weighted by atomic mass is 16.5. The van der Waals surface area contributed by atoms with Crippen LogP contribution in [0.25, 0.3) is 0 Å². The van der Waals surface area contributed by atoms with E-state index >= 15 is 0 Å². The van der Waals surface area contributed by atoms with E-state index in [9.17, 15) is 14.4 Å². The molecule has 35 heavy (non-hydrogen) atoms. The fourth-order valence-electron chi connectivity index (χ4n) is 5.33. The smallest absolute Gasteiger partial charge is 0.260 e. The van der Waals surface area contributed by atoms with Crippen molar-refractivity contribution in [2.75, 3.05) is 52.5 Å². The highest BCUT2D eigenvalue weighted by molar-refractivity contribution is 5.95. The van der Waals surface area contributed by atoms with Crippen molar-refractivity contribution in [3.8, 4) is 11.5 Å². The lowest BCUT2D eigenvalue weighted by Gasteiger charge is -2.35. The van der Waals surface area contributed by atoms with Crippen LogP contribution in [0.5, 0.6) is 11.5 Å². The maximum absolute atomic E-state index is 13.2. The Morgan fingerprint density at radius 1 is 0.771 bits per heavy atom. The Hall–Kier alpha value is -2.77. The minimum Gasteiger partial charge on any atom is -0.490 e. The van der Waals surface area contributed by atoms with Crippen molar-refractivity contribution < 1.29 is 23.9 Å². The minimum atomic E-state index is -0.0789. The highest BCUT2D eigenvalue weighted by Crippen LogP contribution is 2.30. The molecule has 0 N–H and O–H groups in total. The van der Waals surface area contributed by atoms with Gasteiger partial charge >= 0.3 is 0 Å². The molecule has 0 aromatic heterocycles. The van der Waals surface area contributed by atoms with Gasteiger partial charge in [0.15, 0.2) is 18.1 Å². The maximum atomic E-state index is 13.2. The molecule has 3 amide bonds. The molecule has 1 aromatic carbocycles. The second-order valence-electron chi connectivity index (χ2n) is 9.85. The summed E-state index contributed by atoms with van der Waals surface area (Å²) in [5, 5.41) is 0. The van der Waals surface area contributed by atoms with Crippen LogP contribution in [0, 0.1) is 5.92 Å². The fraction of sp³-hybridized carbons (Fsp3) is 0.667. The van der Waals surface area contributed by atoms with Crippen LogP contribution in [-0.2, 0) is 9.59 Å². The van der Waals surface area contributed by atoms with Crippen LogP contribution < -0.4 is 9.47 Å². The van der Waals surface area contributed by atoms with Crippen LogP contribution in [0.1, 0.15) is 68.6 Å². The molecular formula is C27H39N3O5. The number of hydrogen-bond acceptors (Lipinski definition) is 5. The van der Waals surface area contributed by atoms with Gasteiger partial charge in [-0.2, -0.15) is 0 Å². The van der Waals surface area contributed by atoms with Crippen LogP contribution >= 0.6 is 0 Å². The average Bonchev–Trinajstić information content (AvgIpc) is 3.41. The number of hydrogen-bond donors (Lipinski definition) is 0. The lowest BCUT2D eigenvalue weighted by molar-refractivity contribution is -0.134. The standard InChI is InChI=1S/C27H39N3O5/c1-2-34-24-19-22(10-11-23(24)35-20-26(32)28-12-6-3-7-13-28)27(33)30-16-14-29(15-17-30)25(31)18-21-8-4-5-9-21/h10-11,19,21H,2-9,12-18,20H2,1H3. The van der Waals surface area contributed by atoms with Crippen molar-refractivity contribution in [2.45, 2.75) is 58.3 Å². The first-order valence-corrected chi connectivity index (χ1v) is 13.3. The molecule has 192 valence electrons. The SMILES string of the molecule is CCOc1cc(C(=O)N2CCN(C(=O)CC3CCCC3)CC2)ccc1OCC(=O)N1CCCCC1. The largest absolute Gasteiger partial charge is 0.490 e. The van der Waals surface area contributed by atoms with Crippen molar-refractivity contribution in [3.05, 3.63) is 23.8 Å². The normalized spacial score (nSPS) is 19.1. The number of likely N-dealkylation sites (tertiary alicyclic amines) is 1. The van der Waals surface area contributed by atoms with Gasteiger partial charge in [0.05, 0.1) is 6.61 Å². The molecular weight excluding hydrogens is 446 g/mol. The Kier molecular flexibility index (Phi) is 8.88. The summed E-state index contributed by atoms with van der Waals surface area (Å²) in [6.45, 7) is 6.05. The third-order valence-corrected chi connectivity index (χ3v) is 7.41. The van der Waals surface area contributed by atoms with E-state index in [1.807, 2.05) is 16.7 Å². The monoisotopic (exact) mass is 485 g/mol. The summed E-state index contributed by atoms with van der Waals surface area (Å²) in [6, 6.07) is 5.14. The Bertz CT molecular complexity index is 885. The zero-order valence-electron chi connectivity index (χ0n) is 21.0. The number of piperidine rings is 1. The summed E-state index contributed by atoms with van der Waals surface area (Å²) in [7, 11) is 0. The van der Waals surface area contributed by atoms with Crippen molar-refractivity contribution in [1.29, 1.82) is 0 Å². The third-order valence-electron chi connectivity index (χ3n) is 7.41. The Balaban J connectivity index is 1.31. The second-order valence-corrected chi connectivity index (χ2v) is 9.85. The predicted molar refractivity (Wildman–Crippen MR) is 133 cm³/mol. The number of amides is 3. The van der Waals surface area contributed by atoms with E-state index in [1.165, 1.54) is 32.1 Å². The molecule has 1 aliphatic carbocycles. The number of rotatable bonds is 8. The van der Waals surface area contributed by atoms with Gasteiger partial charge in [-0.05, 0) is 63.1 Å². The molecule has 0 radical (unpaired) electrons. The van der Waals surface area contributed by atoms with Gasteiger partial charge in [-0.15, -0.1) is 0 Å². The lowest BCUT2D eigenvalue weighted by atomic mass is 10.0. The Morgan fingerprint density at radius 3 is 2.11 bits per heavy atom. The van der Waals surface area contributed by atoms with Crippen molar-refractivity contribution >= 4 is 17.7 Å². The summed E-state index contributed by atoms with van der Waals surface area (Å²) < 4.78 is 11.5. The summed E-state index contributed by atoms with van der Waals surface area (Å²) in [5.74, 6) is 1.60. The second kappa shape index (κ2) is 12.3. The lowest BCUT2D eigenvalue weighted by Crippen LogP contribution is -2.50. The molecule has 3 aliphatic rings. The Morgan fingerprint density at radius 2 is 1.43 bits per heavy atom. The van der Waals surface area contributed by atoms with E-state index in [2.05, 4.69) is 0 Å². The van der Waals surface area contributed by atoms with Crippen LogP contribution in [0.2, 0.25) is 0 Å². The summed E-state index contributed by atoms with van der Waals surface area (Å²) >= 11 is 0. The van der Waals surface area contributed by atoms with Crippen LogP contribution in [-0.4, -0.2) is 84.9 Å².